The fraction of sp³-hybridized carbons (Fsp3) is 0.625. The molecule has 1 unspecified atom stereocenters. The van der Waals surface area contributed by atoms with Gasteiger partial charge in [-0.3, -0.25) is 4.68 Å². The van der Waals surface area contributed by atoms with Crippen molar-refractivity contribution in [3.63, 3.8) is 0 Å². The first kappa shape index (κ1) is 6.85. The van der Waals surface area contributed by atoms with E-state index in [0.717, 1.165) is 12.8 Å². The Kier molecular flexibility index (Phi) is 1.46. The van der Waals surface area contributed by atoms with Gasteiger partial charge in [0.15, 0.2) is 0 Å². The Morgan fingerprint density at radius 3 is 3.27 bits per heavy atom. The second-order valence-electron chi connectivity index (χ2n) is 3.17. The largest absolute Gasteiger partial charge is 0.324 e. The third kappa shape index (κ3) is 0.959. The van der Waals surface area contributed by atoms with Crippen LogP contribution in [0.5, 0.6) is 0 Å². The van der Waals surface area contributed by atoms with E-state index in [9.17, 15) is 0 Å². The molecule has 3 heteroatoms. The lowest BCUT2D eigenvalue weighted by molar-refractivity contribution is 0.548. The molecule has 11 heavy (non-hydrogen) atoms. The summed E-state index contributed by atoms with van der Waals surface area (Å²) in [6.45, 7) is 0. The van der Waals surface area contributed by atoms with Crippen molar-refractivity contribution in [2.45, 2.75) is 25.3 Å². The Hall–Kier alpha value is -0.830. The summed E-state index contributed by atoms with van der Waals surface area (Å²) in [5.41, 5.74) is 8.48. The average molecular weight is 151 g/mol. The number of fused-ring (bicyclic) bond motifs is 1. The van der Waals surface area contributed by atoms with Gasteiger partial charge in [-0.25, -0.2) is 0 Å². The molecule has 1 atom stereocenters. The topological polar surface area (TPSA) is 43.8 Å². The van der Waals surface area contributed by atoms with Crippen molar-refractivity contribution in [2.24, 2.45) is 12.8 Å². The molecule has 0 fully saturated rings. The molecule has 1 aromatic heterocycles. The van der Waals surface area contributed by atoms with Crippen molar-refractivity contribution in [1.29, 1.82) is 0 Å². The van der Waals surface area contributed by atoms with Gasteiger partial charge in [-0.2, -0.15) is 5.10 Å². The van der Waals surface area contributed by atoms with Gasteiger partial charge in [0.1, 0.15) is 0 Å². The molecule has 1 aromatic rings. The second kappa shape index (κ2) is 2.34. The summed E-state index contributed by atoms with van der Waals surface area (Å²) in [7, 11) is 1.98. The van der Waals surface area contributed by atoms with E-state index in [1.807, 2.05) is 17.9 Å². The normalized spacial score (nSPS) is 23.3. The van der Waals surface area contributed by atoms with Gasteiger partial charge in [-0.1, -0.05) is 0 Å². The zero-order valence-corrected chi connectivity index (χ0v) is 6.75. The molecule has 0 bridgehead atoms. The lowest BCUT2D eigenvalue weighted by Gasteiger charge is -2.18. The predicted molar refractivity (Wildman–Crippen MR) is 43.1 cm³/mol. The standard InChI is InChI=1S/C8H13N3/c1-11-8-4-2-3-7(9)6(8)5-10-11/h5,7H,2-4,9H2,1H3. The van der Waals surface area contributed by atoms with Crippen LogP contribution in [-0.2, 0) is 13.5 Å². The first-order chi connectivity index (χ1) is 5.29. The molecule has 2 rings (SSSR count). The highest BCUT2D eigenvalue weighted by atomic mass is 15.3. The van der Waals surface area contributed by atoms with Gasteiger partial charge in [0, 0.05) is 24.3 Å². The van der Waals surface area contributed by atoms with Crippen LogP contribution in [0, 0.1) is 0 Å². The van der Waals surface area contributed by atoms with Gasteiger partial charge < -0.3 is 5.73 Å². The van der Waals surface area contributed by atoms with Gasteiger partial charge in [-0.05, 0) is 19.3 Å². The highest BCUT2D eigenvalue weighted by molar-refractivity contribution is 5.23. The predicted octanol–water partition coefficient (Wildman–Crippen LogP) is 0.756. The first-order valence-electron chi connectivity index (χ1n) is 4.05. The molecule has 0 amide bonds. The van der Waals surface area contributed by atoms with Crippen LogP contribution in [0.25, 0.3) is 0 Å². The maximum Gasteiger partial charge on any atom is 0.0540 e. The molecule has 60 valence electrons. The van der Waals surface area contributed by atoms with Crippen molar-refractivity contribution in [3.05, 3.63) is 17.5 Å². The minimum Gasteiger partial charge on any atom is -0.324 e. The fourth-order valence-electron chi connectivity index (χ4n) is 1.74. The second-order valence-corrected chi connectivity index (χ2v) is 3.17. The van der Waals surface area contributed by atoms with Crippen LogP contribution in [0.15, 0.2) is 6.20 Å². The molecule has 0 saturated heterocycles. The number of rotatable bonds is 0. The molecule has 0 saturated carbocycles. The van der Waals surface area contributed by atoms with E-state index in [1.165, 1.54) is 17.7 Å². The number of nitrogens with two attached hydrogens (primary N) is 1. The zero-order valence-electron chi connectivity index (χ0n) is 6.75. The Balaban J connectivity index is 2.46. The van der Waals surface area contributed by atoms with Crippen LogP contribution in [-0.4, -0.2) is 9.78 Å². The highest BCUT2D eigenvalue weighted by Gasteiger charge is 2.19. The molecule has 1 heterocycles. The minimum absolute atomic E-state index is 0.229. The van der Waals surface area contributed by atoms with Crippen LogP contribution in [0.4, 0.5) is 0 Å². The van der Waals surface area contributed by atoms with E-state index in [4.69, 9.17) is 5.73 Å². The molecule has 1 aliphatic carbocycles. The molecule has 2 N–H and O–H groups in total. The molecule has 0 spiro atoms. The third-order valence-electron chi connectivity index (χ3n) is 2.42. The summed E-state index contributed by atoms with van der Waals surface area (Å²) in [6, 6.07) is 0.229. The maximum atomic E-state index is 5.91. The van der Waals surface area contributed by atoms with Gasteiger partial charge in [-0.15, -0.1) is 0 Å². The van der Waals surface area contributed by atoms with Crippen molar-refractivity contribution in [3.8, 4) is 0 Å². The van der Waals surface area contributed by atoms with Gasteiger partial charge >= 0.3 is 0 Å². The number of aryl methyl sites for hydroxylation is 1. The first-order valence-corrected chi connectivity index (χ1v) is 4.05. The number of hydrogen-bond acceptors (Lipinski definition) is 2. The SMILES string of the molecule is Cn1ncc2c1CCCC2N. The Morgan fingerprint density at radius 2 is 2.55 bits per heavy atom. The molecule has 0 aromatic carbocycles. The summed E-state index contributed by atoms with van der Waals surface area (Å²) in [6.07, 6.45) is 5.35. The summed E-state index contributed by atoms with van der Waals surface area (Å²) in [5, 5.41) is 4.19. The number of nitrogens with zero attached hydrogens (tertiary/aromatic N) is 2. The smallest absolute Gasteiger partial charge is 0.0540 e. The van der Waals surface area contributed by atoms with E-state index < -0.39 is 0 Å². The molecule has 0 aliphatic heterocycles. The lowest BCUT2D eigenvalue weighted by Crippen LogP contribution is -2.17. The average Bonchev–Trinajstić information content (AvgIpc) is 2.35. The summed E-state index contributed by atoms with van der Waals surface area (Å²) in [4.78, 5) is 0. The van der Waals surface area contributed by atoms with Crippen LogP contribution in [0.2, 0.25) is 0 Å². The molecule has 1 aliphatic rings. The molecule has 0 radical (unpaired) electrons. The highest BCUT2D eigenvalue weighted by Crippen LogP contribution is 2.26. The summed E-state index contributed by atoms with van der Waals surface area (Å²) >= 11 is 0. The van der Waals surface area contributed by atoms with E-state index >= 15 is 0 Å². The monoisotopic (exact) mass is 151 g/mol. The van der Waals surface area contributed by atoms with Crippen LogP contribution in [0.1, 0.15) is 30.1 Å². The van der Waals surface area contributed by atoms with Crippen molar-refractivity contribution < 1.29 is 0 Å². The van der Waals surface area contributed by atoms with E-state index in [1.54, 1.807) is 0 Å². The Labute approximate surface area is 66.2 Å². The van der Waals surface area contributed by atoms with Crippen LogP contribution >= 0.6 is 0 Å². The quantitative estimate of drug-likeness (QED) is 0.594. The Bertz CT molecular complexity index is 264. The van der Waals surface area contributed by atoms with Crippen molar-refractivity contribution >= 4 is 0 Å². The lowest BCUT2D eigenvalue weighted by atomic mass is 9.94. The van der Waals surface area contributed by atoms with Crippen molar-refractivity contribution in [1.82, 2.24) is 9.78 Å². The fourth-order valence-corrected chi connectivity index (χ4v) is 1.74. The minimum atomic E-state index is 0.229. The molecular weight excluding hydrogens is 138 g/mol. The van der Waals surface area contributed by atoms with Gasteiger partial charge in [0.05, 0.1) is 6.20 Å². The number of hydrogen-bond donors (Lipinski definition) is 1. The van der Waals surface area contributed by atoms with Gasteiger partial charge in [0.25, 0.3) is 0 Å². The van der Waals surface area contributed by atoms with Crippen LogP contribution < -0.4 is 5.73 Å². The zero-order chi connectivity index (χ0) is 7.84. The number of aromatic nitrogens is 2. The van der Waals surface area contributed by atoms with E-state index in [-0.39, 0.29) is 6.04 Å². The summed E-state index contributed by atoms with van der Waals surface area (Å²) < 4.78 is 1.94. The summed E-state index contributed by atoms with van der Waals surface area (Å²) in [5.74, 6) is 0. The van der Waals surface area contributed by atoms with Crippen LogP contribution in [0.3, 0.4) is 0 Å². The molecule has 3 nitrogen and oxygen atoms in total. The maximum absolute atomic E-state index is 5.91. The van der Waals surface area contributed by atoms with Crippen molar-refractivity contribution in [2.75, 3.05) is 0 Å². The third-order valence-corrected chi connectivity index (χ3v) is 2.42. The molecular formula is C8H13N3. The van der Waals surface area contributed by atoms with Gasteiger partial charge in [0.2, 0.25) is 0 Å². The van der Waals surface area contributed by atoms with E-state index in [2.05, 4.69) is 5.10 Å². The van der Waals surface area contributed by atoms with E-state index in [0.29, 0.717) is 0 Å². The Morgan fingerprint density at radius 1 is 1.73 bits per heavy atom.